The minimum Gasteiger partial charge on any atom is -0.486 e. The number of fused-ring (bicyclic) bond motifs is 1. The number of rotatable bonds is 5. The van der Waals surface area contributed by atoms with Crippen LogP contribution < -0.4 is 9.47 Å². The summed E-state index contributed by atoms with van der Waals surface area (Å²) in [4.78, 5) is 0.162. The van der Waals surface area contributed by atoms with E-state index in [2.05, 4.69) is 5.10 Å². The lowest BCUT2D eigenvalue weighted by Gasteiger charge is -2.18. The molecule has 1 aliphatic rings. The molecular formula is C14H15FN2O4S. The second kappa shape index (κ2) is 5.96. The molecule has 1 aliphatic heterocycles. The zero-order chi connectivity index (χ0) is 15.6. The molecule has 8 heteroatoms. The van der Waals surface area contributed by atoms with Crippen LogP contribution in [0.4, 0.5) is 4.39 Å². The van der Waals surface area contributed by atoms with E-state index < -0.39 is 16.5 Å². The molecule has 0 amide bonds. The van der Waals surface area contributed by atoms with Crippen molar-refractivity contribution in [2.75, 3.05) is 19.9 Å². The van der Waals surface area contributed by atoms with Gasteiger partial charge in [-0.05, 0) is 12.1 Å². The predicted molar refractivity (Wildman–Crippen MR) is 76.5 cm³/mol. The highest BCUT2D eigenvalue weighted by molar-refractivity contribution is 7.90. The first-order valence-corrected chi connectivity index (χ1v) is 8.43. The Labute approximate surface area is 127 Å². The summed E-state index contributed by atoms with van der Waals surface area (Å²) in [7, 11) is -3.53. The van der Waals surface area contributed by atoms with Crippen molar-refractivity contribution in [3.63, 3.8) is 0 Å². The molecule has 1 aromatic carbocycles. The standard InChI is InChI=1S/C14H15FN2O4S/c15-3-4-17-9-11(8-16-17)10-22(18,19)12-1-2-13-14(7-12)21-6-5-20-13/h1-2,7-9H,3-6,10H2. The van der Waals surface area contributed by atoms with Crippen LogP contribution in [0.3, 0.4) is 0 Å². The first-order valence-electron chi connectivity index (χ1n) is 6.78. The topological polar surface area (TPSA) is 70.4 Å². The van der Waals surface area contributed by atoms with Gasteiger partial charge in [0.05, 0.1) is 23.4 Å². The molecule has 3 rings (SSSR count). The van der Waals surface area contributed by atoms with Crippen LogP contribution in [0, 0.1) is 0 Å². The van der Waals surface area contributed by atoms with E-state index in [4.69, 9.17) is 9.47 Å². The van der Waals surface area contributed by atoms with Crippen molar-refractivity contribution in [3.05, 3.63) is 36.2 Å². The maximum atomic E-state index is 12.4. The van der Waals surface area contributed by atoms with Crippen molar-refractivity contribution in [3.8, 4) is 11.5 Å². The van der Waals surface area contributed by atoms with Crippen LogP contribution in [-0.2, 0) is 22.1 Å². The molecule has 118 valence electrons. The number of sulfone groups is 1. The van der Waals surface area contributed by atoms with Gasteiger partial charge in [-0.2, -0.15) is 5.10 Å². The summed E-state index contributed by atoms with van der Waals surface area (Å²) in [5, 5.41) is 3.92. The van der Waals surface area contributed by atoms with Gasteiger partial charge in [-0.3, -0.25) is 4.68 Å². The predicted octanol–water partition coefficient (Wildman–Crippen LogP) is 1.60. The second-order valence-electron chi connectivity index (χ2n) is 4.87. The van der Waals surface area contributed by atoms with Gasteiger partial charge in [0.1, 0.15) is 19.9 Å². The summed E-state index contributed by atoms with van der Waals surface area (Å²) in [6, 6.07) is 4.55. The normalized spacial score (nSPS) is 14.0. The number of aryl methyl sites for hydroxylation is 1. The molecule has 22 heavy (non-hydrogen) atoms. The van der Waals surface area contributed by atoms with Gasteiger partial charge in [-0.15, -0.1) is 0 Å². The molecule has 0 unspecified atom stereocenters. The van der Waals surface area contributed by atoms with Gasteiger partial charge < -0.3 is 9.47 Å². The van der Waals surface area contributed by atoms with Crippen molar-refractivity contribution in [1.29, 1.82) is 0 Å². The second-order valence-corrected chi connectivity index (χ2v) is 6.85. The Kier molecular flexibility index (Phi) is 4.02. The van der Waals surface area contributed by atoms with Crippen LogP contribution in [0.1, 0.15) is 5.56 Å². The molecule has 0 radical (unpaired) electrons. The lowest BCUT2D eigenvalue weighted by atomic mass is 10.3. The SMILES string of the molecule is O=S(=O)(Cc1cnn(CCF)c1)c1ccc2c(c1)OCCO2. The van der Waals surface area contributed by atoms with Gasteiger partial charge in [-0.25, -0.2) is 12.8 Å². The Morgan fingerprint density at radius 3 is 2.77 bits per heavy atom. The van der Waals surface area contributed by atoms with Crippen molar-refractivity contribution in [2.24, 2.45) is 0 Å². The van der Waals surface area contributed by atoms with E-state index in [1.54, 1.807) is 6.07 Å². The zero-order valence-electron chi connectivity index (χ0n) is 11.7. The minimum atomic E-state index is -3.53. The van der Waals surface area contributed by atoms with E-state index in [-0.39, 0.29) is 17.2 Å². The van der Waals surface area contributed by atoms with Crippen LogP contribution >= 0.6 is 0 Å². The number of benzene rings is 1. The van der Waals surface area contributed by atoms with Crippen molar-refractivity contribution >= 4 is 9.84 Å². The number of hydrogen-bond donors (Lipinski definition) is 0. The highest BCUT2D eigenvalue weighted by Gasteiger charge is 2.20. The van der Waals surface area contributed by atoms with E-state index >= 15 is 0 Å². The van der Waals surface area contributed by atoms with Gasteiger partial charge in [-0.1, -0.05) is 0 Å². The highest BCUT2D eigenvalue weighted by atomic mass is 32.2. The first kappa shape index (κ1) is 14.8. The van der Waals surface area contributed by atoms with E-state index in [0.717, 1.165) is 0 Å². The molecule has 0 fully saturated rings. The molecule has 0 saturated carbocycles. The number of nitrogens with zero attached hydrogens (tertiary/aromatic N) is 2. The third-order valence-corrected chi connectivity index (χ3v) is 4.92. The maximum Gasteiger partial charge on any atom is 0.182 e. The number of hydrogen-bond acceptors (Lipinski definition) is 5. The molecule has 0 aliphatic carbocycles. The Morgan fingerprint density at radius 1 is 1.23 bits per heavy atom. The zero-order valence-corrected chi connectivity index (χ0v) is 12.6. The average Bonchev–Trinajstić information content (AvgIpc) is 2.93. The smallest absolute Gasteiger partial charge is 0.182 e. The molecule has 0 N–H and O–H groups in total. The van der Waals surface area contributed by atoms with Crippen molar-refractivity contribution < 1.29 is 22.3 Å². The molecular weight excluding hydrogens is 311 g/mol. The lowest BCUT2D eigenvalue weighted by molar-refractivity contribution is 0.171. The molecule has 0 bridgehead atoms. The molecule has 2 heterocycles. The fraction of sp³-hybridized carbons (Fsp3) is 0.357. The Balaban J connectivity index is 1.82. The van der Waals surface area contributed by atoms with Gasteiger partial charge >= 0.3 is 0 Å². The summed E-state index contributed by atoms with van der Waals surface area (Å²) in [6.45, 7) is 0.416. The summed E-state index contributed by atoms with van der Waals surface area (Å²) >= 11 is 0. The van der Waals surface area contributed by atoms with Crippen LogP contribution in [0.5, 0.6) is 11.5 Å². The Hall–Kier alpha value is -2.09. The Morgan fingerprint density at radius 2 is 2.00 bits per heavy atom. The highest BCUT2D eigenvalue weighted by Crippen LogP contribution is 2.33. The summed E-state index contributed by atoms with van der Waals surface area (Å²) in [5.41, 5.74) is 0.517. The number of ether oxygens (including phenoxy) is 2. The summed E-state index contributed by atoms with van der Waals surface area (Å²) in [6.07, 6.45) is 2.97. The Bertz CT molecular complexity index is 773. The number of aromatic nitrogens is 2. The van der Waals surface area contributed by atoms with E-state index in [9.17, 15) is 12.8 Å². The van der Waals surface area contributed by atoms with Gasteiger partial charge in [0.25, 0.3) is 0 Å². The third-order valence-electron chi connectivity index (χ3n) is 3.23. The van der Waals surface area contributed by atoms with Gasteiger partial charge in [0.15, 0.2) is 21.3 Å². The van der Waals surface area contributed by atoms with E-state index in [1.165, 1.54) is 29.2 Å². The molecule has 0 atom stereocenters. The molecule has 6 nitrogen and oxygen atoms in total. The monoisotopic (exact) mass is 326 g/mol. The van der Waals surface area contributed by atoms with Crippen LogP contribution in [0.15, 0.2) is 35.5 Å². The van der Waals surface area contributed by atoms with Crippen molar-refractivity contribution in [1.82, 2.24) is 9.78 Å². The molecule has 1 aromatic heterocycles. The van der Waals surface area contributed by atoms with Crippen molar-refractivity contribution in [2.45, 2.75) is 17.2 Å². The lowest BCUT2D eigenvalue weighted by Crippen LogP contribution is -2.16. The van der Waals surface area contributed by atoms with Crippen LogP contribution in [-0.4, -0.2) is 38.1 Å². The molecule has 2 aromatic rings. The molecule has 0 spiro atoms. The summed E-state index contributed by atoms with van der Waals surface area (Å²) in [5.74, 6) is 0.778. The fourth-order valence-corrected chi connectivity index (χ4v) is 3.53. The first-order chi connectivity index (χ1) is 10.6. The minimum absolute atomic E-state index is 0.115. The largest absolute Gasteiger partial charge is 0.486 e. The average molecular weight is 326 g/mol. The maximum absolute atomic E-state index is 12.4. The van der Waals surface area contributed by atoms with Gasteiger partial charge in [0, 0.05) is 17.8 Å². The van der Waals surface area contributed by atoms with Crippen LogP contribution in [0.25, 0.3) is 0 Å². The third kappa shape index (κ3) is 3.06. The summed E-state index contributed by atoms with van der Waals surface area (Å²) < 4.78 is 49.3. The van der Waals surface area contributed by atoms with Gasteiger partial charge in [0.2, 0.25) is 0 Å². The fourth-order valence-electron chi connectivity index (χ4n) is 2.21. The number of halogens is 1. The van der Waals surface area contributed by atoms with E-state index in [0.29, 0.717) is 30.3 Å². The van der Waals surface area contributed by atoms with Crippen LogP contribution in [0.2, 0.25) is 0 Å². The number of alkyl halides is 1. The quantitative estimate of drug-likeness (QED) is 0.834. The van der Waals surface area contributed by atoms with E-state index in [1.807, 2.05) is 0 Å². The molecule has 0 saturated heterocycles.